The van der Waals surface area contributed by atoms with Gasteiger partial charge in [0.15, 0.2) is 0 Å². The van der Waals surface area contributed by atoms with Crippen LogP contribution in [-0.4, -0.2) is 34.6 Å². The smallest absolute Gasteiger partial charge is 0.132 e. The maximum Gasteiger partial charge on any atom is 0.132 e. The summed E-state index contributed by atoms with van der Waals surface area (Å²) in [6.45, 7) is 6.09. The van der Waals surface area contributed by atoms with Gasteiger partial charge in [-0.15, -0.1) is 0 Å². The van der Waals surface area contributed by atoms with Gasteiger partial charge >= 0.3 is 0 Å². The number of benzene rings is 1. The highest BCUT2D eigenvalue weighted by atomic mass is 15.2. The Bertz CT molecular complexity index is 939. The third-order valence-electron chi connectivity index (χ3n) is 5.77. The average molecular weight is 347 g/mol. The van der Waals surface area contributed by atoms with Crippen molar-refractivity contribution in [3.63, 3.8) is 0 Å². The molecule has 1 unspecified atom stereocenters. The molecule has 5 rings (SSSR count). The molecule has 1 saturated heterocycles. The first-order valence-electron chi connectivity index (χ1n) is 9.67. The number of nitrogens with zero attached hydrogens (tertiary/aromatic N) is 3. The van der Waals surface area contributed by atoms with Crippen molar-refractivity contribution in [2.75, 3.05) is 24.5 Å². The van der Waals surface area contributed by atoms with Crippen molar-refractivity contribution in [2.24, 2.45) is 0 Å². The number of anilines is 1. The number of H-pyrrole nitrogens is 1. The number of aromatic amines is 1. The van der Waals surface area contributed by atoms with Gasteiger partial charge in [-0.2, -0.15) is 0 Å². The van der Waals surface area contributed by atoms with Gasteiger partial charge in [0.05, 0.1) is 5.69 Å². The second-order valence-corrected chi connectivity index (χ2v) is 7.54. The number of para-hydroxylation sites is 1. The zero-order valence-electron chi connectivity index (χ0n) is 15.3. The predicted molar refractivity (Wildman–Crippen MR) is 105 cm³/mol. The van der Waals surface area contributed by atoms with E-state index >= 15 is 0 Å². The molecule has 1 fully saturated rings. The molecule has 134 valence electrons. The Morgan fingerprint density at radius 2 is 2.12 bits per heavy atom. The minimum atomic E-state index is 0.512. The molecule has 1 atom stereocenters. The number of fused-ring (bicyclic) bond motifs is 3. The number of hydrogen-bond donors (Lipinski definition) is 2. The van der Waals surface area contributed by atoms with Crippen LogP contribution in [0.25, 0.3) is 10.9 Å². The fourth-order valence-corrected chi connectivity index (χ4v) is 4.41. The quantitative estimate of drug-likeness (QED) is 0.747. The number of aryl methyl sites for hydroxylation is 1. The van der Waals surface area contributed by atoms with Gasteiger partial charge in [0, 0.05) is 60.2 Å². The maximum absolute atomic E-state index is 4.77. The van der Waals surface area contributed by atoms with E-state index in [0.29, 0.717) is 5.92 Å². The summed E-state index contributed by atoms with van der Waals surface area (Å²) in [5, 5.41) is 4.85. The standard InChI is InChI=1S/C21H25N5/c1-14-23-20(15-5-4-9-22-12-15)11-21(24-14)26-10-8-19-17(13-26)16-6-2-3-7-18(16)25-19/h2-3,6-7,11,15,22,25H,4-5,8-10,12-13H2,1H3. The summed E-state index contributed by atoms with van der Waals surface area (Å²) < 4.78 is 0. The van der Waals surface area contributed by atoms with Crippen molar-refractivity contribution in [1.29, 1.82) is 0 Å². The summed E-state index contributed by atoms with van der Waals surface area (Å²) in [5.74, 6) is 2.47. The SMILES string of the molecule is Cc1nc(C2CCCNC2)cc(N2CCc3[nH]c4ccccc4c3C2)n1. The van der Waals surface area contributed by atoms with Crippen molar-refractivity contribution in [1.82, 2.24) is 20.3 Å². The van der Waals surface area contributed by atoms with E-state index in [1.807, 2.05) is 6.92 Å². The van der Waals surface area contributed by atoms with Gasteiger partial charge in [0.1, 0.15) is 11.6 Å². The summed E-state index contributed by atoms with van der Waals surface area (Å²) in [6, 6.07) is 10.8. The van der Waals surface area contributed by atoms with Crippen molar-refractivity contribution < 1.29 is 0 Å². The van der Waals surface area contributed by atoms with Crippen LogP contribution in [0.3, 0.4) is 0 Å². The Kier molecular flexibility index (Phi) is 3.89. The normalized spacial score (nSPS) is 20.3. The summed E-state index contributed by atoms with van der Waals surface area (Å²) in [6.07, 6.45) is 3.48. The van der Waals surface area contributed by atoms with Gasteiger partial charge < -0.3 is 15.2 Å². The second kappa shape index (κ2) is 6.40. The fraction of sp³-hybridized carbons (Fsp3) is 0.429. The van der Waals surface area contributed by atoms with Crippen LogP contribution in [0, 0.1) is 6.92 Å². The molecule has 2 aliphatic heterocycles. The van der Waals surface area contributed by atoms with Gasteiger partial charge in [-0.05, 0) is 32.4 Å². The Labute approximate surface area is 153 Å². The minimum absolute atomic E-state index is 0.512. The molecule has 2 aromatic heterocycles. The summed E-state index contributed by atoms with van der Waals surface area (Å²) in [5.41, 5.74) is 5.24. The van der Waals surface area contributed by atoms with Crippen LogP contribution >= 0.6 is 0 Å². The number of hydrogen-bond acceptors (Lipinski definition) is 4. The van der Waals surface area contributed by atoms with Gasteiger partial charge in [-0.3, -0.25) is 0 Å². The molecule has 3 aromatic rings. The van der Waals surface area contributed by atoms with E-state index in [2.05, 4.69) is 45.5 Å². The topological polar surface area (TPSA) is 56.8 Å². The molecule has 2 aliphatic rings. The molecule has 0 radical (unpaired) electrons. The van der Waals surface area contributed by atoms with E-state index in [4.69, 9.17) is 9.97 Å². The van der Waals surface area contributed by atoms with Crippen molar-refractivity contribution in [3.8, 4) is 0 Å². The highest BCUT2D eigenvalue weighted by molar-refractivity contribution is 5.85. The van der Waals surface area contributed by atoms with Crippen molar-refractivity contribution in [2.45, 2.75) is 38.6 Å². The predicted octanol–water partition coefficient (Wildman–Crippen LogP) is 3.30. The first kappa shape index (κ1) is 15.8. The second-order valence-electron chi connectivity index (χ2n) is 7.54. The Morgan fingerprint density at radius 1 is 1.19 bits per heavy atom. The van der Waals surface area contributed by atoms with Crippen molar-refractivity contribution in [3.05, 3.63) is 53.1 Å². The van der Waals surface area contributed by atoms with Crippen LogP contribution in [0.4, 0.5) is 5.82 Å². The molecule has 0 amide bonds. The van der Waals surface area contributed by atoms with Gasteiger partial charge in [-0.25, -0.2) is 9.97 Å². The van der Waals surface area contributed by atoms with Crippen LogP contribution in [0.5, 0.6) is 0 Å². The molecule has 5 nitrogen and oxygen atoms in total. The zero-order valence-corrected chi connectivity index (χ0v) is 15.3. The van der Waals surface area contributed by atoms with Gasteiger partial charge in [0.25, 0.3) is 0 Å². The molecular formula is C21H25N5. The molecule has 5 heteroatoms. The third kappa shape index (κ3) is 2.76. The number of aromatic nitrogens is 3. The Hall–Kier alpha value is -2.40. The molecule has 2 N–H and O–H groups in total. The first-order chi connectivity index (χ1) is 12.8. The fourth-order valence-electron chi connectivity index (χ4n) is 4.41. The summed E-state index contributed by atoms with van der Waals surface area (Å²) in [4.78, 5) is 15.5. The van der Waals surface area contributed by atoms with Crippen LogP contribution in [0.2, 0.25) is 0 Å². The van der Waals surface area contributed by atoms with E-state index in [1.165, 1.54) is 40.7 Å². The molecule has 0 aliphatic carbocycles. The van der Waals surface area contributed by atoms with Gasteiger partial charge in [0.2, 0.25) is 0 Å². The van der Waals surface area contributed by atoms with E-state index in [1.54, 1.807) is 0 Å². The molecule has 4 heterocycles. The molecular weight excluding hydrogens is 322 g/mol. The highest BCUT2D eigenvalue weighted by Gasteiger charge is 2.24. The van der Waals surface area contributed by atoms with E-state index in [-0.39, 0.29) is 0 Å². The Morgan fingerprint density at radius 3 is 3.00 bits per heavy atom. The summed E-state index contributed by atoms with van der Waals surface area (Å²) >= 11 is 0. The lowest BCUT2D eigenvalue weighted by Crippen LogP contribution is -2.32. The first-order valence-corrected chi connectivity index (χ1v) is 9.67. The number of rotatable bonds is 2. The lowest BCUT2D eigenvalue weighted by atomic mass is 9.95. The van der Waals surface area contributed by atoms with E-state index in [9.17, 15) is 0 Å². The van der Waals surface area contributed by atoms with Crippen LogP contribution in [0.15, 0.2) is 30.3 Å². The van der Waals surface area contributed by atoms with Crippen molar-refractivity contribution >= 4 is 16.7 Å². The van der Waals surface area contributed by atoms with Gasteiger partial charge in [-0.1, -0.05) is 18.2 Å². The van der Waals surface area contributed by atoms with Crippen LogP contribution in [0.1, 0.15) is 41.5 Å². The molecule has 26 heavy (non-hydrogen) atoms. The summed E-state index contributed by atoms with van der Waals surface area (Å²) in [7, 11) is 0. The Balaban J connectivity index is 1.48. The van der Waals surface area contributed by atoms with E-state index < -0.39 is 0 Å². The van der Waals surface area contributed by atoms with E-state index in [0.717, 1.165) is 44.2 Å². The largest absolute Gasteiger partial charge is 0.358 e. The highest BCUT2D eigenvalue weighted by Crippen LogP contribution is 2.31. The van der Waals surface area contributed by atoms with Crippen LogP contribution < -0.4 is 10.2 Å². The molecule has 1 aromatic carbocycles. The monoisotopic (exact) mass is 347 g/mol. The molecule has 0 bridgehead atoms. The zero-order chi connectivity index (χ0) is 17.5. The lowest BCUT2D eigenvalue weighted by Gasteiger charge is -2.30. The lowest BCUT2D eigenvalue weighted by molar-refractivity contribution is 0.453. The number of nitrogens with one attached hydrogen (secondary N) is 2. The van der Waals surface area contributed by atoms with Crippen LogP contribution in [-0.2, 0) is 13.0 Å². The average Bonchev–Trinajstić information content (AvgIpc) is 3.06. The third-order valence-corrected chi connectivity index (χ3v) is 5.77. The maximum atomic E-state index is 4.77. The minimum Gasteiger partial charge on any atom is -0.358 e. The molecule has 0 saturated carbocycles. The number of piperidine rings is 1. The molecule has 0 spiro atoms.